The average Bonchev–Trinajstić information content (AvgIpc) is 2.91. The van der Waals surface area contributed by atoms with Gasteiger partial charge in [0.15, 0.2) is 0 Å². The first-order valence-corrected chi connectivity index (χ1v) is 12.3. The summed E-state index contributed by atoms with van der Waals surface area (Å²) in [5.41, 5.74) is 0.608. The maximum absolute atomic E-state index is 13.1. The van der Waals surface area contributed by atoms with Crippen LogP contribution in [0.2, 0.25) is 0 Å². The first-order chi connectivity index (χ1) is 17.1. The number of likely N-dealkylation sites (tertiary alicyclic amines) is 2. The van der Waals surface area contributed by atoms with Crippen LogP contribution in [0.25, 0.3) is 0 Å². The predicted octanol–water partition coefficient (Wildman–Crippen LogP) is 5.16. The zero-order valence-electron chi connectivity index (χ0n) is 19.7. The molecule has 2 aromatic carbocycles. The van der Waals surface area contributed by atoms with Gasteiger partial charge in [-0.3, -0.25) is 14.7 Å². The molecule has 2 saturated heterocycles. The Bertz CT molecular complexity index is 1110. The van der Waals surface area contributed by atoms with Gasteiger partial charge in [0.25, 0.3) is 5.91 Å². The summed E-state index contributed by atoms with van der Waals surface area (Å²) in [6.45, 7) is 3.55. The largest absolute Gasteiger partial charge is 0.490 e. The molecule has 0 spiro atoms. The molecule has 5 rings (SSSR count). The van der Waals surface area contributed by atoms with Crippen LogP contribution < -0.4 is 9.47 Å². The minimum atomic E-state index is -0.313. The van der Waals surface area contributed by atoms with Crippen molar-refractivity contribution in [2.75, 3.05) is 26.2 Å². The number of halogens is 1. The number of carbonyl (C=O) groups excluding carboxylic acids is 1. The van der Waals surface area contributed by atoms with E-state index < -0.39 is 0 Å². The molecule has 35 heavy (non-hydrogen) atoms. The number of ether oxygens (including phenoxy) is 2. The van der Waals surface area contributed by atoms with Gasteiger partial charge in [0.1, 0.15) is 29.2 Å². The van der Waals surface area contributed by atoms with Gasteiger partial charge in [-0.05, 0) is 80.3 Å². The van der Waals surface area contributed by atoms with Crippen molar-refractivity contribution in [3.8, 4) is 17.2 Å². The van der Waals surface area contributed by atoms with Gasteiger partial charge in [0.2, 0.25) is 0 Å². The quantitative estimate of drug-likeness (QED) is 0.493. The van der Waals surface area contributed by atoms with Crippen LogP contribution in [0.1, 0.15) is 36.0 Å². The van der Waals surface area contributed by atoms with Crippen molar-refractivity contribution in [1.82, 2.24) is 14.8 Å². The zero-order chi connectivity index (χ0) is 24.0. The van der Waals surface area contributed by atoms with Gasteiger partial charge in [0.05, 0.1) is 0 Å². The number of amides is 1. The van der Waals surface area contributed by atoms with Crippen LogP contribution in [-0.4, -0.2) is 59.0 Å². The van der Waals surface area contributed by atoms with Crippen molar-refractivity contribution < 1.29 is 18.7 Å². The molecule has 0 atom stereocenters. The van der Waals surface area contributed by atoms with Crippen molar-refractivity contribution in [3.05, 3.63) is 84.4 Å². The maximum Gasteiger partial charge on any atom is 0.253 e. The summed E-state index contributed by atoms with van der Waals surface area (Å²) < 4.78 is 25.0. The van der Waals surface area contributed by atoms with E-state index in [1.54, 1.807) is 36.7 Å². The van der Waals surface area contributed by atoms with Crippen LogP contribution in [0.4, 0.5) is 4.39 Å². The van der Waals surface area contributed by atoms with Crippen LogP contribution >= 0.6 is 0 Å². The smallest absolute Gasteiger partial charge is 0.253 e. The van der Waals surface area contributed by atoms with E-state index in [2.05, 4.69) is 9.88 Å². The van der Waals surface area contributed by atoms with Gasteiger partial charge in [-0.25, -0.2) is 4.39 Å². The first kappa shape index (κ1) is 23.3. The Morgan fingerprint density at radius 3 is 2.26 bits per heavy atom. The van der Waals surface area contributed by atoms with Gasteiger partial charge in [-0.1, -0.05) is 6.07 Å². The van der Waals surface area contributed by atoms with Crippen molar-refractivity contribution >= 4 is 5.91 Å². The van der Waals surface area contributed by atoms with Gasteiger partial charge in [0, 0.05) is 50.2 Å². The third-order valence-electron chi connectivity index (χ3n) is 6.83. The Morgan fingerprint density at radius 1 is 0.829 bits per heavy atom. The number of pyridine rings is 1. The third-order valence-corrected chi connectivity index (χ3v) is 6.83. The van der Waals surface area contributed by atoms with Gasteiger partial charge in [-0.2, -0.15) is 0 Å². The molecule has 7 heteroatoms. The van der Waals surface area contributed by atoms with Crippen LogP contribution in [0.15, 0.2) is 73.1 Å². The number of aromatic nitrogens is 1. The molecular weight excluding hydrogens is 445 g/mol. The molecule has 6 nitrogen and oxygen atoms in total. The SMILES string of the molecule is O=C(c1cccc(Oc2ccc(F)cc2)c1)N1CCC(N2CCC(Oc3ccncc3)CC2)CC1. The Balaban J connectivity index is 1.10. The summed E-state index contributed by atoms with van der Waals surface area (Å²) >= 11 is 0. The fourth-order valence-electron chi connectivity index (χ4n) is 4.92. The molecule has 3 aromatic rings. The van der Waals surface area contributed by atoms with E-state index in [4.69, 9.17) is 9.47 Å². The summed E-state index contributed by atoms with van der Waals surface area (Å²) in [7, 11) is 0. The van der Waals surface area contributed by atoms with Gasteiger partial charge in [-0.15, -0.1) is 0 Å². The molecular formula is C28H30FN3O3. The lowest BCUT2D eigenvalue weighted by molar-refractivity contribution is 0.0425. The number of carbonyl (C=O) groups is 1. The highest BCUT2D eigenvalue weighted by molar-refractivity contribution is 5.94. The van der Waals surface area contributed by atoms with Crippen LogP contribution in [0.3, 0.4) is 0 Å². The molecule has 1 amide bonds. The Morgan fingerprint density at radius 2 is 1.54 bits per heavy atom. The second-order valence-corrected chi connectivity index (χ2v) is 9.14. The van der Waals surface area contributed by atoms with Crippen LogP contribution in [0.5, 0.6) is 17.2 Å². The molecule has 0 radical (unpaired) electrons. The predicted molar refractivity (Wildman–Crippen MR) is 131 cm³/mol. The first-order valence-electron chi connectivity index (χ1n) is 12.3. The third kappa shape index (κ3) is 5.98. The minimum absolute atomic E-state index is 0.0254. The molecule has 1 aromatic heterocycles. The molecule has 0 aliphatic carbocycles. The summed E-state index contributed by atoms with van der Waals surface area (Å²) in [5, 5.41) is 0. The molecule has 3 heterocycles. The molecule has 0 saturated carbocycles. The lowest BCUT2D eigenvalue weighted by Gasteiger charge is -2.41. The Kier molecular flexibility index (Phi) is 7.23. The van der Waals surface area contributed by atoms with Gasteiger partial charge < -0.3 is 14.4 Å². The fraction of sp³-hybridized carbons (Fsp3) is 0.357. The van der Waals surface area contributed by atoms with E-state index in [0.29, 0.717) is 23.1 Å². The number of rotatable bonds is 6. The highest BCUT2D eigenvalue weighted by atomic mass is 19.1. The summed E-state index contributed by atoms with van der Waals surface area (Å²) in [6.07, 6.45) is 7.76. The Hall–Kier alpha value is -3.45. The second kappa shape index (κ2) is 10.9. The van der Waals surface area contributed by atoms with Crippen molar-refractivity contribution in [1.29, 1.82) is 0 Å². The van der Waals surface area contributed by atoms with Crippen LogP contribution in [-0.2, 0) is 0 Å². The molecule has 182 valence electrons. The topological polar surface area (TPSA) is 54.9 Å². The Labute approximate surface area is 205 Å². The highest BCUT2D eigenvalue weighted by Crippen LogP contribution is 2.26. The fourth-order valence-corrected chi connectivity index (χ4v) is 4.92. The number of hydrogen-bond donors (Lipinski definition) is 0. The maximum atomic E-state index is 13.1. The van der Waals surface area contributed by atoms with Crippen molar-refractivity contribution in [3.63, 3.8) is 0 Å². The summed E-state index contributed by atoms with van der Waals surface area (Å²) in [6, 6.07) is 17.4. The monoisotopic (exact) mass is 475 g/mol. The van der Waals surface area contributed by atoms with Gasteiger partial charge >= 0.3 is 0 Å². The van der Waals surface area contributed by atoms with Crippen molar-refractivity contribution in [2.45, 2.75) is 37.8 Å². The van der Waals surface area contributed by atoms with E-state index in [1.165, 1.54) is 12.1 Å². The molecule has 0 unspecified atom stereocenters. The average molecular weight is 476 g/mol. The molecule has 0 N–H and O–H groups in total. The molecule has 2 aliphatic heterocycles. The lowest BCUT2D eigenvalue weighted by Crippen LogP contribution is -2.50. The lowest BCUT2D eigenvalue weighted by atomic mass is 9.98. The molecule has 2 fully saturated rings. The normalized spacial score (nSPS) is 17.8. The minimum Gasteiger partial charge on any atom is -0.490 e. The number of hydrogen-bond acceptors (Lipinski definition) is 5. The van der Waals surface area contributed by atoms with Crippen LogP contribution in [0, 0.1) is 5.82 Å². The number of piperidine rings is 2. The van der Waals surface area contributed by atoms with E-state index in [-0.39, 0.29) is 17.8 Å². The van der Waals surface area contributed by atoms with E-state index in [1.807, 2.05) is 29.2 Å². The second-order valence-electron chi connectivity index (χ2n) is 9.14. The summed E-state index contributed by atoms with van der Waals surface area (Å²) in [4.78, 5) is 21.7. The zero-order valence-corrected chi connectivity index (χ0v) is 19.7. The number of nitrogens with zero attached hydrogens (tertiary/aromatic N) is 3. The highest BCUT2D eigenvalue weighted by Gasteiger charge is 2.30. The van der Waals surface area contributed by atoms with E-state index >= 15 is 0 Å². The molecule has 2 aliphatic rings. The van der Waals surface area contributed by atoms with E-state index in [0.717, 1.165) is 57.6 Å². The summed E-state index contributed by atoms with van der Waals surface area (Å²) in [5.74, 6) is 1.70. The van der Waals surface area contributed by atoms with Crippen molar-refractivity contribution in [2.24, 2.45) is 0 Å². The molecule has 0 bridgehead atoms. The van der Waals surface area contributed by atoms with E-state index in [9.17, 15) is 9.18 Å². The number of benzene rings is 2. The standard InChI is InChI=1S/C28H30FN3O3/c29-22-4-6-24(7-5-22)35-27-3-1-2-21(20-27)28(33)32-16-10-23(11-17-32)31-18-12-26(13-19-31)34-25-8-14-30-15-9-25/h1-9,14-15,20,23,26H,10-13,16-19H2.